The van der Waals surface area contributed by atoms with Gasteiger partial charge in [0.05, 0.1) is 5.56 Å². The van der Waals surface area contributed by atoms with Gasteiger partial charge in [0.15, 0.2) is 0 Å². The number of amides is 2. The number of alkyl halides is 6. The number of carbonyl (C=O) groups is 2. The van der Waals surface area contributed by atoms with Crippen molar-refractivity contribution in [2.24, 2.45) is 0 Å². The lowest BCUT2D eigenvalue weighted by atomic mass is 9.98. The van der Waals surface area contributed by atoms with Crippen molar-refractivity contribution >= 4 is 17.5 Å². The van der Waals surface area contributed by atoms with Gasteiger partial charge in [-0.3, -0.25) is 9.59 Å². The normalized spacial score (nSPS) is 14.3. The molecule has 0 radical (unpaired) electrons. The first kappa shape index (κ1) is 27.8. The molecule has 4 rings (SSSR count). The van der Waals surface area contributed by atoms with E-state index in [0.29, 0.717) is 24.3 Å². The number of anilines is 1. The van der Waals surface area contributed by atoms with Gasteiger partial charge in [-0.05, 0) is 65.7 Å². The molecule has 1 fully saturated rings. The van der Waals surface area contributed by atoms with Crippen molar-refractivity contribution in [1.29, 1.82) is 0 Å². The van der Waals surface area contributed by atoms with Gasteiger partial charge in [0.2, 0.25) is 0 Å². The second kappa shape index (κ2) is 10.9. The first-order valence-electron chi connectivity index (χ1n) is 11.8. The van der Waals surface area contributed by atoms with Crippen molar-refractivity contribution in [3.63, 3.8) is 0 Å². The summed E-state index contributed by atoms with van der Waals surface area (Å²) in [5, 5.41) is 11.5. The van der Waals surface area contributed by atoms with Crippen LogP contribution in [0.15, 0.2) is 66.7 Å². The Bertz CT molecular complexity index is 1350. The number of phenolic OH excluding ortho intramolecular Hbond substituents is 1. The summed E-state index contributed by atoms with van der Waals surface area (Å²) in [5.41, 5.74) is 0.0942. The number of carbonyl (C=O) groups excluding carboxylic acids is 2. The minimum Gasteiger partial charge on any atom is -0.508 e. The van der Waals surface area contributed by atoms with Crippen LogP contribution in [0.3, 0.4) is 0 Å². The Hall–Kier alpha value is -4.22. The molecule has 0 bridgehead atoms. The van der Waals surface area contributed by atoms with Crippen molar-refractivity contribution in [2.45, 2.75) is 12.4 Å². The molecule has 1 aliphatic heterocycles. The maximum absolute atomic E-state index is 13.6. The van der Waals surface area contributed by atoms with Crippen LogP contribution in [0.25, 0.3) is 11.1 Å². The average Bonchev–Trinajstić information content (AvgIpc) is 2.90. The topological polar surface area (TPSA) is 72.9 Å². The van der Waals surface area contributed by atoms with Crippen molar-refractivity contribution in [3.8, 4) is 16.9 Å². The second-order valence-corrected chi connectivity index (χ2v) is 8.97. The van der Waals surface area contributed by atoms with Gasteiger partial charge in [-0.2, -0.15) is 26.3 Å². The molecule has 2 N–H and O–H groups in total. The highest BCUT2D eigenvalue weighted by atomic mass is 19.4. The molecule has 0 aromatic heterocycles. The van der Waals surface area contributed by atoms with E-state index in [1.54, 1.807) is 17.4 Å². The van der Waals surface area contributed by atoms with Gasteiger partial charge >= 0.3 is 12.4 Å². The van der Waals surface area contributed by atoms with Gasteiger partial charge in [0.25, 0.3) is 11.8 Å². The lowest BCUT2D eigenvalue weighted by molar-refractivity contribution is -0.137. The van der Waals surface area contributed by atoms with Crippen LogP contribution in [0.5, 0.6) is 5.75 Å². The van der Waals surface area contributed by atoms with Crippen LogP contribution in [0.2, 0.25) is 0 Å². The fraction of sp³-hybridized carbons (Fsp3) is 0.259. The molecule has 6 nitrogen and oxygen atoms in total. The number of aromatic hydroxyl groups is 1. The van der Waals surface area contributed by atoms with Crippen LogP contribution >= 0.6 is 0 Å². The molecular weight excluding hydrogens is 528 g/mol. The molecule has 0 atom stereocenters. The van der Waals surface area contributed by atoms with Crippen LogP contribution in [0, 0.1) is 0 Å². The summed E-state index contributed by atoms with van der Waals surface area (Å²) in [5.74, 6) is -1.55. The molecule has 0 unspecified atom stereocenters. The Labute approximate surface area is 219 Å². The molecule has 2 amide bonds. The summed E-state index contributed by atoms with van der Waals surface area (Å²) < 4.78 is 77.7. The lowest BCUT2D eigenvalue weighted by Gasteiger charge is -2.36. The second-order valence-electron chi connectivity index (χ2n) is 8.97. The summed E-state index contributed by atoms with van der Waals surface area (Å²) in [6.07, 6.45) is -9.21. The minimum atomic E-state index is -4.68. The molecular formula is C27H23F6N3O3. The fourth-order valence-electron chi connectivity index (χ4n) is 4.22. The van der Waals surface area contributed by atoms with Crippen molar-refractivity contribution < 1.29 is 41.0 Å². The SMILES string of the molecule is O=C(NCC(F)(F)F)c1ccc(N2CCN(C(=O)c3cc(-c4cccc(O)c4)cc(C(F)(F)F)c3)CC2)cc1. The number of nitrogens with one attached hydrogen (secondary N) is 1. The van der Waals surface area contributed by atoms with Crippen molar-refractivity contribution in [2.75, 3.05) is 37.6 Å². The summed E-state index contributed by atoms with van der Waals surface area (Å²) >= 11 is 0. The molecule has 39 heavy (non-hydrogen) atoms. The Morgan fingerprint density at radius 1 is 0.795 bits per heavy atom. The number of hydrogen-bond donors (Lipinski definition) is 2. The average molecular weight is 551 g/mol. The van der Waals surface area contributed by atoms with E-state index in [0.717, 1.165) is 12.1 Å². The molecule has 12 heteroatoms. The molecule has 1 aliphatic rings. The zero-order valence-corrected chi connectivity index (χ0v) is 20.3. The van der Waals surface area contributed by atoms with Crippen LogP contribution < -0.4 is 10.2 Å². The number of piperazine rings is 1. The maximum Gasteiger partial charge on any atom is 0.416 e. The zero-order chi connectivity index (χ0) is 28.4. The van der Waals surface area contributed by atoms with Crippen molar-refractivity contribution in [1.82, 2.24) is 10.2 Å². The highest BCUT2D eigenvalue weighted by molar-refractivity contribution is 5.96. The highest BCUT2D eigenvalue weighted by Crippen LogP contribution is 2.34. The Balaban J connectivity index is 1.45. The monoisotopic (exact) mass is 551 g/mol. The quantitative estimate of drug-likeness (QED) is 0.421. The molecule has 3 aromatic rings. The largest absolute Gasteiger partial charge is 0.508 e. The van der Waals surface area contributed by atoms with E-state index in [2.05, 4.69) is 0 Å². The van der Waals surface area contributed by atoms with Crippen LogP contribution in [-0.2, 0) is 6.18 Å². The number of rotatable bonds is 5. The summed E-state index contributed by atoms with van der Waals surface area (Å²) in [7, 11) is 0. The zero-order valence-electron chi connectivity index (χ0n) is 20.3. The van der Waals surface area contributed by atoms with Crippen LogP contribution in [-0.4, -0.2) is 60.7 Å². The van der Waals surface area contributed by atoms with Crippen LogP contribution in [0.4, 0.5) is 32.0 Å². The van der Waals surface area contributed by atoms with E-state index in [1.807, 2.05) is 4.90 Å². The Kier molecular flexibility index (Phi) is 7.75. The first-order chi connectivity index (χ1) is 18.3. The smallest absolute Gasteiger partial charge is 0.416 e. The van der Waals surface area contributed by atoms with Gasteiger partial charge in [-0.1, -0.05) is 12.1 Å². The predicted octanol–water partition coefficient (Wildman–Crippen LogP) is 5.33. The van der Waals surface area contributed by atoms with E-state index < -0.39 is 36.3 Å². The molecule has 0 spiro atoms. The van der Waals surface area contributed by atoms with Crippen LogP contribution in [0.1, 0.15) is 26.3 Å². The van der Waals surface area contributed by atoms with E-state index in [9.17, 15) is 41.0 Å². The number of halogens is 6. The number of hydrogen-bond acceptors (Lipinski definition) is 4. The van der Waals surface area contributed by atoms with E-state index >= 15 is 0 Å². The lowest BCUT2D eigenvalue weighted by Crippen LogP contribution is -2.48. The molecule has 1 saturated heterocycles. The third kappa shape index (κ3) is 7.01. The molecule has 0 aliphatic carbocycles. The molecule has 1 heterocycles. The standard InChI is InChI=1S/C27H23F6N3O3/c28-26(29,30)16-34-24(38)17-4-6-22(7-5-17)35-8-10-36(11-9-35)25(39)20-12-19(13-21(14-20)27(31,32)33)18-2-1-3-23(37)15-18/h1-7,12-15,37H,8-11,16H2,(H,34,38). The van der Waals surface area contributed by atoms with Gasteiger partial charge in [-0.15, -0.1) is 0 Å². The maximum atomic E-state index is 13.6. The summed E-state index contributed by atoms with van der Waals surface area (Å²) in [6.45, 7) is -0.313. The van der Waals surface area contributed by atoms with Crippen molar-refractivity contribution in [3.05, 3.63) is 83.4 Å². The van der Waals surface area contributed by atoms with E-state index in [4.69, 9.17) is 0 Å². The fourth-order valence-corrected chi connectivity index (χ4v) is 4.22. The minimum absolute atomic E-state index is 0.0592. The number of nitrogens with zero attached hydrogens (tertiary/aromatic N) is 2. The molecule has 0 saturated carbocycles. The Morgan fingerprint density at radius 3 is 2.05 bits per heavy atom. The molecule has 3 aromatic carbocycles. The highest BCUT2D eigenvalue weighted by Gasteiger charge is 2.33. The summed E-state index contributed by atoms with van der Waals surface area (Å²) in [4.78, 5) is 28.4. The number of benzene rings is 3. The van der Waals surface area contributed by atoms with E-state index in [1.165, 1.54) is 47.4 Å². The predicted molar refractivity (Wildman–Crippen MR) is 131 cm³/mol. The molecule has 206 valence electrons. The first-order valence-corrected chi connectivity index (χ1v) is 11.8. The van der Waals surface area contributed by atoms with Gasteiger partial charge in [0.1, 0.15) is 12.3 Å². The third-order valence-corrected chi connectivity index (χ3v) is 6.20. The number of phenols is 1. The summed E-state index contributed by atoms with van der Waals surface area (Å²) in [6, 6.07) is 14.8. The Morgan fingerprint density at radius 2 is 1.46 bits per heavy atom. The third-order valence-electron chi connectivity index (χ3n) is 6.20. The van der Waals surface area contributed by atoms with Gasteiger partial charge in [-0.25, -0.2) is 0 Å². The van der Waals surface area contributed by atoms with E-state index in [-0.39, 0.29) is 35.5 Å². The van der Waals surface area contributed by atoms with Gasteiger partial charge < -0.3 is 20.2 Å². The van der Waals surface area contributed by atoms with Gasteiger partial charge in [0, 0.05) is 43.0 Å².